The number of nitrogens with zero attached hydrogens (tertiary/aromatic N) is 3. The van der Waals surface area contributed by atoms with Crippen LogP contribution in [0.5, 0.6) is 0 Å². The van der Waals surface area contributed by atoms with Crippen LogP contribution in [0, 0.1) is 20.2 Å². The van der Waals surface area contributed by atoms with Crippen LogP contribution in [0.4, 0.5) is 11.4 Å². The number of nitro benzene ring substituents is 2. The average molecular weight is 325 g/mol. The summed E-state index contributed by atoms with van der Waals surface area (Å²) in [5, 5.41) is 22.1. The fourth-order valence-electron chi connectivity index (χ4n) is 1.59. The first kappa shape index (κ1) is 18.0. The summed E-state index contributed by atoms with van der Waals surface area (Å²) < 4.78 is 0. The maximum atomic E-state index is 11.8. The summed E-state index contributed by atoms with van der Waals surface area (Å²) in [7, 11) is 3.38. The van der Waals surface area contributed by atoms with Gasteiger partial charge in [0, 0.05) is 14.1 Å². The van der Waals surface area contributed by atoms with Gasteiger partial charge in [0.1, 0.15) is 5.56 Å². The molecule has 0 heterocycles. The number of hydrogen-bond donors (Lipinski definition) is 0. The van der Waals surface area contributed by atoms with Crippen molar-refractivity contribution in [3.63, 3.8) is 0 Å². The molecule has 0 fully saturated rings. The van der Waals surface area contributed by atoms with Crippen LogP contribution in [0.3, 0.4) is 0 Å². The van der Waals surface area contributed by atoms with Gasteiger partial charge in [-0.2, -0.15) is 4.89 Å². The Hall–Kier alpha value is -3.01. The smallest absolute Gasteiger partial charge is 0.380 e. The van der Waals surface area contributed by atoms with Crippen molar-refractivity contribution in [2.75, 3.05) is 20.7 Å². The van der Waals surface area contributed by atoms with E-state index >= 15 is 0 Å². The third kappa shape index (κ3) is 4.74. The lowest BCUT2D eigenvalue weighted by atomic mass is 10.1. The van der Waals surface area contributed by atoms with Crippen molar-refractivity contribution in [3.8, 4) is 0 Å². The maximum Gasteiger partial charge on any atom is 0.380 e. The van der Waals surface area contributed by atoms with Crippen molar-refractivity contribution in [2.45, 2.75) is 6.92 Å². The molecule has 23 heavy (non-hydrogen) atoms. The Kier molecular flexibility index (Phi) is 6.15. The quantitative estimate of drug-likeness (QED) is 0.424. The summed E-state index contributed by atoms with van der Waals surface area (Å²) >= 11 is 0. The summed E-state index contributed by atoms with van der Waals surface area (Å²) in [4.78, 5) is 42.8. The first-order valence-corrected chi connectivity index (χ1v) is 6.43. The van der Waals surface area contributed by atoms with E-state index in [4.69, 9.17) is 0 Å². The average Bonchev–Trinajstić information content (AvgIpc) is 2.49. The number of carbonyl (C=O) groups is 1. The van der Waals surface area contributed by atoms with Crippen LogP contribution in [0.15, 0.2) is 18.3 Å². The molecule has 0 spiro atoms. The number of carbonyl (C=O) groups excluding carboxylic acids is 1. The molecule has 1 aromatic rings. The maximum absolute atomic E-state index is 11.8. The molecular weight excluding hydrogens is 310 g/mol. The van der Waals surface area contributed by atoms with Gasteiger partial charge in [0.05, 0.1) is 28.1 Å². The summed E-state index contributed by atoms with van der Waals surface area (Å²) in [6.45, 7) is 1.61. The highest BCUT2D eigenvalue weighted by Crippen LogP contribution is 2.30. The van der Waals surface area contributed by atoms with E-state index in [1.807, 2.05) is 0 Å². The predicted molar refractivity (Wildman–Crippen MR) is 79.5 cm³/mol. The van der Waals surface area contributed by atoms with E-state index in [0.717, 1.165) is 12.1 Å². The highest BCUT2D eigenvalue weighted by atomic mass is 17.2. The Morgan fingerprint density at radius 2 is 1.83 bits per heavy atom. The van der Waals surface area contributed by atoms with Crippen LogP contribution in [0.2, 0.25) is 0 Å². The molecule has 1 aromatic carbocycles. The Bertz CT molecular complexity index is 655. The van der Waals surface area contributed by atoms with Gasteiger partial charge in [0.25, 0.3) is 11.4 Å². The zero-order valence-electron chi connectivity index (χ0n) is 12.7. The molecule has 0 aliphatic carbocycles. The lowest BCUT2D eigenvalue weighted by Crippen LogP contribution is -2.10. The summed E-state index contributed by atoms with van der Waals surface area (Å²) in [5.74, 6) is -1.10. The van der Waals surface area contributed by atoms with Crippen molar-refractivity contribution < 1.29 is 24.4 Å². The monoisotopic (exact) mass is 325 g/mol. The minimum Gasteiger partial charge on any atom is -0.383 e. The number of benzene rings is 1. The summed E-state index contributed by atoms with van der Waals surface area (Å²) in [6.07, 6.45) is 2.87. The summed E-state index contributed by atoms with van der Waals surface area (Å²) in [6, 6.07) is 1.75. The molecule has 10 nitrogen and oxygen atoms in total. The van der Waals surface area contributed by atoms with Crippen molar-refractivity contribution in [1.29, 1.82) is 0 Å². The molecule has 0 bridgehead atoms. The highest BCUT2D eigenvalue weighted by Gasteiger charge is 2.28. The lowest BCUT2D eigenvalue weighted by molar-refractivity contribution is -0.394. The second-order valence-corrected chi connectivity index (χ2v) is 4.50. The molecule has 0 aliphatic rings. The van der Waals surface area contributed by atoms with Gasteiger partial charge in [0.15, 0.2) is 0 Å². The molecule has 10 heteroatoms. The van der Waals surface area contributed by atoms with Gasteiger partial charge in [0.2, 0.25) is 0 Å². The standard InChI is InChI=1S/C13H15N3O7/c1-4-22-23-13(17)10-7-9(5-6-14(2)3)11(15(18)19)8-12(10)16(20)21/h5-8H,4H2,1-3H3/b6-5+. The number of hydrogen-bond acceptors (Lipinski definition) is 8. The summed E-state index contributed by atoms with van der Waals surface area (Å²) in [5.41, 5.74) is -1.64. The first-order valence-electron chi connectivity index (χ1n) is 6.43. The second kappa shape index (κ2) is 7.84. The third-order valence-corrected chi connectivity index (χ3v) is 2.56. The van der Waals surface area contributed by atoms with Crippen LogP contribution in [-0.4, -0.2) is 41.4 Å². The van der Waals surface area contributed by atoms with Crippen molar-refractivity contribution in [3.05, 3.63) is 49.7 Å². The SMILES string of the molecule is CCOOC(=O)c1cc(/C=C/N(C)C)c([N+](=O)[O-])cc1[N+](=O)[O-]. The first-order chi connectivity index (χ1) is 10.8. The number of nitro groups is 2. The fourth-order valence-corrected chi connectivity index (χ4v) is 1.59. The normalized spacial score (nSPS) is 10.6. The second-order valence-electron chi connectivity index (χ2n) is 4.50. The van der Waals surface area contributed by atoms with E-state index < -0.39 is 32.8 Å². The van der Waals surface area contributed by atoms with Crippen molar-refractivity contribution >= 4 is 23.4 Å². The largest absolute Gasteiger partial charge is 0.383 e. The zero-order valence-corrected chi connectivity index (χ0v) is 12.7. The molecule has 0 aromatic heterocycles. The van der Waals surface area contributed by atoms with Gasteiger partial charge in [-0.25, -0.2) is 4.79 Å². The van der Waals surface area contributed by atoms with E-state index in [1.54, 1.807) is 25.9 Å². The molecule has 0 aliphatic heterocycles. The van der Waals surface area contributed by atoms with Crippen LogP contribution in [-0.2, 0) is 9.78 Å². The molecule has 0 radical (unpaired) electrons. The topological polar surface area (TPSA) is 125 Å². The highest BCUT2D eigenvalue weighted by molar-refractivity contribution is 5.95. The van der Waals surface area contributed by atoms with Gasteiger partial charge in [-0.15, -0.1) is 0 Å². The number of rotatable bonds is 7. The third-order valence-electron chi connectivity index (χ3n) is 2.56. The molecule has 0 unspecified atom stereocenters. The molecule has 0 N–H and O–H groups in total. The zero-order chi connectivity index (χ0) is 17.6. The van der Waals surface area contributed by atoms with E-state index in [9.17, 15) is 25.0 Å². The van der Waals surface area contributed by atoms with E-state index in [-0.39, 0.29) is 12.2 Å². The van der Waals surface area contributed by atoms with Gasteiger partial charge >= 0.3 is 5.97 Å². The molecular formula is C13H15N3O7. The van der Waals surface area contributed by atoms with E-state index in [1.165, 1.54) is 12.3 Å². The van der Waals surface area contributed by atoms with Crippen LogP contribution < -0.4 is 0 Å². The van der Waals surface area contributed by atoms with Gasteiger partial charge in [-0.3, -0.25) is 25.1 Å². The Labute approximate surface area is 131 Å². The van der Waals surface area contributed by atoms with Gasteiger partial charge in [-0.05, 0) is 25.3 Å². The minimum absolute atomic E-state index is 0.0257. The molecule has 0 amide bonds. The van der Waals surface area contributed by atoms with Crippen molar-refractivity contribution in [2.24, 2.45) is 0 Å². The van der Waals surface area contributed by atoms with Crippen molar-refractivity contribution in [1.82, 2.24) is 4.90 Å². The molecule has 124 valence electrons. The predicted octanol–water partition coefficient (Wildman–Crippen LogP) is 2.14. The van der Waals surface area contributed by atoms with Crippen LogP contribution in [0.1, 0.15) is 22.8 Å². The lowest BCUT2D eigenvalue weighted by Gasteiger charge is -2.06. The Morgan fingerprint density at radius 3 is 2.30 bits per heavy atom. The van der Waals surface area contributed by atoms with E-state index in [2.05, 4.69) is 9.78 Å². The fraction of sp³-hybridized carbons (Fsp3) is 0.308. The molecule has 0 saturated carbocycles. The minimum atomic E-state index is -1.10. The molecule has 1 rings (SSSR count). The molecule has 0 atom stereocenters. The Balaban J connectivity index is 3.48. The van der Waals surface area contributed by atoms with E-state index in [0.29, 0.717) is 0 Å². The molecule has 0 saturated heterocycles. The van der Waals surface area contributed by atoms with Crippen LogP contribution >= 0.6 is 0 Å². The van der Waals surface area contributed by atoms with Crippen LogP contribution in [0.25, 0.3) is 6.08 Å². The van der Waals surface area contributed by atoms with Gasteiger partial charge < -0.3 is 4.90 Å². The van der Waals surface area contributed by atoms with Gasteiger partial charge in [-0.1, -0.05) is 0 Å². The Morgan fingerprint density at radius 1 is 1.22 bits per heavy atom.